The van der Waals surface area contributed by atoms with Crippen molar-refractivity contribution in [3.63, 3.8) is 0 Å². The molecule has 2 heteroatoms. The molecule has 0 spiro atoms. The van der Waals surface area contributed by atoms with Crippen LogP contribution in [0.1, 0.15) is 40.0 Å². The maximum absolute atomic E-state index is 5.68. The van der Waals surface area contributed by atoms with E-state index in [1.807, 2.05) is 0 Å². The number of nitrogens with one attached hydrogen (secondary N) is 1. The molecule has 0 saturated heterocycles. The van der Waals surface area contributed by atoms with Crippen molar-refractivity contribution in [3.8, 4) is 0 Å². The molecule has 0 heterocycles. The van der Waals surface area contributed by atoms with Gasteiger partial charge in [-0.3, -0.25) is 0 Å². The third-order valence-corrected chi connectivity index (χ3v) is 2.62. The molecule has 0 aliphatic rings. The first-order valence-electron chi connectivity index (χ1n) is 5.03. The second-order valence-electron chi connectivity index (χ2n) is 3.50. The van der Waals surface area contributed by atoms with Gasteiger partial charge in [-0.25, -0.2) is 0 Å². The van der Waals surface area contributed by atoms with Crippen LogP contribution in [0.3, 0.4) is 0 Å². The summed E-state index contributed by atoms with van der Waals surface area (Å²) in [4.78, 5) is 0. The molecular weight excluding hydrogens is 170 g/mol. The van der Waals surface area contributed by atoms with E-state index in [1.54, 1.807) is 0 Å². The van der Waals surface area contributed by atoms with Crippen LogP contribution in [0.2, 0.25) is 0 Å². The molecule has 0 aliphatic carbocycles. The molecule has 0 aliphatic heterocycles. The van der Waals surface area contributed by atoms with E-state index in [1.165, 1.54) is 12.8 Å². The van der Waals surface area contributed by atoms with E-state index in [2.05, 4.69) is 26.1 Å². The quantitative estimate of drug-likeness (QED) is 0.611. The van der Waals surface area contributed by atoms with Crippen LogP contribution in [0.15, 0.2) is 0 Å². The Bertz CT molecular complexity index is 95.8. The second kappa shape index (κ2) is 7.88. The third kappa shape index (κ3) is 5.84. The fourth-order valence-electron chi connectivity index (χ4n) is 1.09. The van der Waals surface area contributed by atoms with Crippen molar-refractivity contribution in [2.75, 3.05) is 12.4 Å². The number of halogens is 1. The highest BCUT2D eigenvalue weighted by molar-refractivity contribution is 6.17. The fourth-order valence-corrected chi connectivity index (χ4v) is 1.36. The van der Waals surface area contributed by atoms with Crippen molar-refractivity contribution in [2.45, 2.75) is 46.1 Å². The highest BCUT2D eigenvalue weighted by Crippen LogP contribution is 2.03. The number of alkyl halides is 1. The van der Waals surface area contributed by atoms with Gasteiger partial charge < -0.3 is 5.32 Å². The molecule has 74 valence electrons. The molecule has 0 aromatic heterocycles. The van der Waals surface area contributed by atoms with Crippen LogP contribution >= 0.6 is 11.6 Å². The first-order valence-corrected chi connectivity index (χ1v) is 5.57. The van der Waals surface area contributed by atoms with Crippen LogP contribution in [-0.4, -0.2) is 18.5 Å². The molecule has 0 amide bonds. The van der Waals surface area contributed by atoms with E-state index in [9.17, 15) is 0 Å². The number of hydrogen-bond donors (Lipinski definition) is 1. The molecule has 0 bridgehead atoms. The van der Waals surface area contributed by atoms with Gasteiger partial charge in [-0.1, -0.05) is 27.2 Å². The summed E-state index contributed by atoms with van der Waals surface area (Å²) < 4.78 is 0. The Morgan fingerprint density at radius 3 is 2.33 bits per heavy atom. The van der Waals surface area contributed by atoms with E-state index >= 15 is 0 Å². The van der Waals surface area contributed by atoms with E-state index in [-0.39, 0.29) is 0 Å². The van der Waals surface area contributed by atoms with Gasteiger partial charge in [0.25, 0.3) is 0 Å². The van der Waals surface area contributed by atoms with Gasteiger partial charge in [0.15, 0.2) is 0 Å². The molecule has 0 rings (SSSR count). The highest BCUT2D eigenvalue weighted by Gasteiger charge is 2.05. The first kappa shape index (κ1) is 12.2. The standard InChI is InChI=1S/C10H22ClN/c1-4-9(3)8-12-10(5-2)6-7-11/h9-10,12H,4-8H2,1-3H3. The van der Waals surface area contributed by atoms with Gasteiger partial charge in [-0.05, 0) is 25.3 Å². The lowest BCUT2D eigenvalue weighted by Gasteiger charge is -2.18. The smallest absolute Gasteiger partial charge is 0.0238 e. The largest absolute Gasteiger partial charge is 0.314 e. The molecule has 0 fully saturated rings. The SMILES string of the molecule is CCC(C)CNC(CC)CCCl. The second-order valence-corrected chi connectivity index (χ2v) is 3.88. The summed E-state index contributed by atoms with van der Waals surface area (Å²) in [6, 6.07) is 0.622. The zero-order valence-electron chi connectivity index (χ0n) is 8.57. The van der Waals surface area contributed by atoms with Crippen molar-refractivity contribution >= 4 is 11.6 Å². The van der Waals surface area contributed by atoms with Crippen LogP contribution in [0.4, 0.5) is 0 Å². The molecular formula is C10H22ClN. The molecule has 2 unspecified atom stereocenters. The van der Waals surface area contributed by atoms with Gasteiger partial charge in [-0.15, -0.1) is 11.6 Å². The van der Waals surface area contributed by atoms with Gasteiger partial charge in [-0.2, -0.15) is 0 Å². The fraction of sp³-hybridized carbons (Fsp3) is 1.00. The van der Waals surface area contributed by atoms with Crippen LogP contribution in [-0.2, 0) is 0 Å². The lowest BCUT2D eigenvalue weighted by molar-refractivity contribution is 0.422. The topological polar surface area (TPSA) is 12.0 Å². The highest BCUT2D eigenvalue weighted by atomic mass is 35.5. The first-order chi connectivity index (χ1) is 5.74. The minimum absolute atomic E-state index is 0.622. The van der Waals surface area contributed by atoms with Crippen LogP contribution in [0.5, 0.6) is 0 Å². The Morgan fingerprint density at radius 1 is 1.25 bits per heavy atom. The van der Waals surface area contributed by atoms with E-state index in [0.29, 0.717) is 6.04 Å². The lowest BCUT2D eigenvalue weighted by atomic mass is 10.1. The maximum atomic E-state index is 5.68. The van der Waals surface area contributed by atoms with Gasteiger partial charge in [0.2, 0.25) is 0 Å². The van der Waals surface area contributed by atoms with Crippen molar-refractivity contribution in [1.82, 2.24) is 5.32 Å². The van der Waals surface area contributed by atoms with Crippen LogP contribution in [0, 0.1) is 5.92 Å². The lowest BCUT2D eigenvalue weighted by Crippen LogP contribution is -2.32. The summed E-state index contributed by atoms with van der Waals surface area (Å²) in [7, 11) is 0. The summed E-state index contributed by atoms with van der Waals surface area (Å²) in [5.74, 6) is 1.56. The van der Waals surface area contributed by atoms with Crippen molar-refractivity contribution < 1.29 is 0 Å². The summed E-state index contributed by atoms with van der Waals surface area (Å²) >= 11 is 5.68. The Morgan fingerprint density at radius 2 is 1.92 bits per heavy atom. The molecule has 0 aromatic rings. The molecule has 0 aromatic carbocycles. The van der Waals surface area contributed by atoms with Gasteiger partial charge in [0, 0.05) is 11.9 Å². The molecule has 1 N–H and O–H groups in total. The Kier molecular flexibility index (Phi) is 8.04. The third-order valence-electron chi connectivity index (χ3n) is 2.40. The Hall–Kier alpha value is 0.250. The van der Waals surface area contributed by atoms with Gasteiger partial charge in [0.05, 0.1) is 0 Å². The van der Waals surface area contributed by atoms with Gasteiger partial charge in [0.1, 0.15) is 0 Å². The van der Waals surface area contributed by atoms with Crippen molar-refractivity contribution in [3.05, 3.63) is 0 Å². The van der Waals surface area contributed by atoms with Gasteiger partial charge >= 0.3 is 0 Å². The maximum Gasteiger partial charge on any atom is 0.0238 e. The summed E-state index contributed by atoms with van der Waals surface area (Å²) in [5.41, 5.74) is 0. The predicted molar refractivity (Wildman–Crippen MR) is 56.9 cm³/mol. The summed E-state index contributed by atoms with van der Waals surface area (Å²) in [5, 5.41) is 3.54. The van der Waals surface area contributed by atoms with Crippen molar-refractivity contribution in [1.29, 1.82) is 0 Å². The molecule has 12 heavy (non-hydrogen) atoms. The minimum Gasteiger partial charge on any atom is -0.314 e. The Balaban J connectivity index is 3.43. The molecule has 2 atom stereocenters. The summed E-state index contributed by atoms with van der Waals surface area (Å²) in [6.45, 7) is 7.85. The average Bonchev–Trinajstić information content (AvgIpc) is 2.11. The molecule has 0 radical (unpaired) electrons. The molecule has 1 nitrogen and oxygen atoms in total. The normalized spacial score (nSPS) is 16.0. The number of rotatable bonds is 7. The monoisotopic (exact) mass is 191 g/mol. The number of hydrogen-bond acceptors (Lipinski definition) is 1. The summed E-state index contributed by atoms with van der Waals surface area (Å²) in [6.07, 6.45) is 3.53. The zero-order valence-corrected chi connectivity index (χ0v) is 9.32. The Labute approximate surface area is 81.9 Å². The average molecular weight is 192 g/mol. The van der Waals surface area contributed by atoms with E-state index in [0.717, 1.165) is 24.8 Å². The molecule has 0 saturated carbocycles. The predicted octanol–water partition coefficient (Wildman–Crippen LogP) is 3.03. The van der Waals surface area contributed by atoms with E-state index in [4.69, 9.17) is 11.6 Å². The van der Waals surface area contributed by atoms with Crippen LogP contribution in [0.25, 0.3) is 0 Å². The minimum atomic E-state index is 0.622. The van der Waals surface area contributed by atoms with Crippen LogP contribution < -0.4 is 5.32 Å². The van der Waals surface area contributed by atoms with Crippen molar-refractivity contribution in [2.24, 2.45) is 5.92 Å². The zero-order chi connectivity index (χ0) is 9.40. The van der Waals surface area contributed by atoms with E-state index < -0.39 is 0 Å².